The molecule has 0 saturated heterocycles. The molecule has 2 aromatic carbocycles. The summed E-state index contributed by atoms with van der Waals surface area (Å²) in [7, 11) is -3.58. The molecule has 1 saturated carbocycles. The van der Waals surface area contributed by atoms with Gasteiger partial charge in [-0.3, -0.25) is 0 Å². The van der Waals surface area contributed by atoms with Gasteiger partial charge in [0.05, 0.1) is 10.4 Å². The lowest BCUT2D eigenvalue weighted by Crippen LogP contribution is -2.34. The molecule has 0 unspecified atom stereocenters. The van der Waals surface area contributed by atoms with Gasteiger partial charge in [0.25, 0.3) is 0 Å². The quantitative estimate of drug-likeness (QED) is 0.943. The number of nitrogens with one attached hydrogen (secondary N) is 1. The second-order valence-corrected chi connectivity index (χ2v) is 7.19. The van der Waals surface area contributed by atoms with Gasteiger partial charge < -0.3 is 0 Å². The van der Waals surface area contributed by atoms with E-state index in [0.717, 1.165) is 24.0 Å². The Morgan fingerprint density at radius 1 is 1.10 bits per heavy atom. The fraction of sp³-hybridized carbons (Fsp3) is 0.250. The van der Waals surface area contributed by atoms with E-state index in [0.29, 0.717) is 0 Å². The highest BCUT2D eigenvalue weighted by Crippen LogP contribution is 2.46. The second-order valence-electron chi connectivity index (χ2n) is 5.51. The standard InChI is InChI=1S/C16H16FNO2S/c1-12-3-2-4-15(11-12)21(19,20)18-16(9-10-16)13-5-7-14(17)8-6-13/h2-8,11,18H,9-10H2,1H3. The molecule has 1 aliphatic carbocycles. The minimum atomic E-state index is -3.58. The molecule has 21 heavy (non-hydrogen) atoms. The molecule has 0 amide bonds. The molecule has 110 valence electrons. The molecule has 1 aliphatic rings. The number of rotatable bonds is 4. The summed E-state index contributed by atoms with van der Waals surface area (Å²) in [6.07, 6.45) is 1.45. The molecule has 1 N–H and O–H groups in total. The van der Waals surface area contributed by atoms with E-state index in [9.17, 15) is 12.8 Å². The van der Waals surface area contributed by atoms with Crippen LogP contribution in [0.5, 0.6) is 0 Å². The third kappa shape index (κ3) is 2.84. The van der Waals surface area contributed by atoms with Crippen molar-refractivity contribution < 1.29 is 12.8 Å². The Hall–Kier alpha value is -1.72. The average molecular weight is 305 g/mol. The van der Waals surface area contributed by atoms with Crippen molar-refractivity contribution in [2.24, 2.45) is 0 Å². The third-order valence-corrected chi connectivity index (χ3v) is 5.31. The van der Waals surface area contributed by atoms with E-state index < -0.39 is 15.6 Å². The first-order valence-corrected chi connectivity index (χ1v) is 8.26. The zero-order valence-corrected chi connectivity index (χ0v) is 12.5. The van der Waals surface area contributed by atoms with Gasteiger partial charge in [-0.2, -0.15) is 0 Å². The minimum Gasteiger partial charge on any atom is -0.207 e. The molecule has 5 heteroatoms. The summed E-state index contributed by atoms with van der Waals surface area (Å²) in [5.74, 6) is -0.323. The number of benzene rings is 2. The maximum Gasteiger partial charge on any atom is 0.241 e. The van der Waals surface area contributed by atoms with Crippen molar-refractivity contribution >= 4 is 10.0 Å². The summed E-state index contributed by atoms with van der Waals surface area (Å²) in [5, 5.41) is 0. The van der Waals surface area contributed by atoms with Gasteiger partial charge in [-0.05, 0) is 55.2 Å². The molecule has 0 heterocycles. The van der Waals surface area contributed by atoms with Crippen LogP contribution in [0.25, 0.3) is 0 Å². The second kappa shape index (κ2) is 4.93. The van der Waals surface area contributed by atoms with Crippen molar-refractivity contribution in [3.8, 4) is 0 Å². The Balaban J connectivity index is 1.90. The normalized spacial score (nSPS) is 16.7. The van der Waals surface area contributed by atoms with Crippen LogP contribution in [-0.4, -0.2) is 8.42 Å². The zero-order chi connectivity index (χ0) is 15.1. The van der Waals surface area contributed by atoms with Crippen LogP contribution in [0.4, 0.5) is 4.39 Å². The van der Waals surface area contributed by atoms with Crippen molar-refractivity contribution in [2.45, 2.75) is 30.2 Å². The predicted octanol–water partition coefficient (Wildman–Crippen LogP) is 3.10. The van der Waals surface area contributed by atoms with Crippen molar-refractivity contribution in [1.82, 2.24) is 4.72 Å². The van der Waals surface area contributed by atoms with Crippen LogP contribution in [0.3, 0.4) is 0 Å². The fourth-order valence-electron chi connectivity index (χ4n) is 2.44. The lowest BCUT2D eigenvalue weighted by atomic mass is 10.1. The first-order chi connectivity index (χ1) is 9.91. The lowest BCUT2D eigenvalue weighted by Gasteiger charge is -2.18. The Morgan fingerprint density at radius 3 is 2.33 bits per heavy atom. The van der Waals surface area contributed by atoms with E-state index in [1.165, 1.54) is 12.1 Å². The number of hydrogen-bond acceptors (Lipinski definition) is 2. The van der Waals surface area contributed by atoms with E-state index in [-0.39, 0.29) is 10.7 Å². The Labute approximate surface area is 123 Å². The molecule has 0 bridgehead atoms. The van der Waals surface area contributed by atoms with E-state index in [4.69, 9.17) is 0 Å². The maximum atomic E-state index is 13.0. The summed E-state index contributed by atoms with van der Waals surface area (Å²) >= 11 is 0. The topological polar surface area (TPSA) is 46.2 Å². The van der Waals surface area contributed by atoms with Gasteiger partial charge in [-0.15, -0.1) is 0 Å². The molecule has 0 radical (unpaired) electrons. The highest BCUT2D eigenvalue weighted by Gasteiger charge is 2.47. The van der Waals surface area contributed by atoms with Gasteiger partial charge in [-0.25, -0.2) is 17.5 Å². The Kier molecular flexibility index (Phi) is 3.34. The first kappa shape index (κ1) is 14.2. The number of sulfonamides is 1. The number of hydrogen-bond donors (Lipinski definition) is 1. The molecule has 3 rings (SSSR count). The van der Waals surface area contributed by atoms with Crippen LogP contribution < -0.4 is 4.72 Å². The van der Waals surface area contributed by atoms with E-state index >= 15 is 0 Å². The van der Waals surface area contributed by atoms with Gasteiger partial charge in [-0.1, -0.05) is 24.3 Å². The first-order valence-electron chi connectivity index (χ1n) is 6.78. The van der Waals surface area contributed by atoms with Crippen LogP contribution >= 0.6 is 0 Å². The molecule has 3 nitrogen and oxygen atoms in total. The lowest BCUT2D eigenvalue weighted by molar-refractivity contribution is 0.551. The molecular weight excluding hydrogens is 289 g/mol. The van der Waals surface area contributed by atoms with E-state index in [2.05, 4.69) is 4.72 Å². The summed E-state index contributed by atoms with van der Waals surface area (Å²) in [6, 6.07) is 12.8. The predicted molar refractivity (Wildman–Crippen MR) is 78.8 cm³/mol. The smallest absolute Gasteiger partial charge is 0.207 e. The van der Waals surface area contributed by atoms with Gasteiger partial charge in [0, 0.05) is 0 Å². The minimum absolute atomic E-state index is 0.260. The fourth-order valence-corrected chi connectivity index (χ4v) is 4.00. The number of halogens is 1. The molecule has 2 aromatic rings. The van der Waals surface area contributed by atoms with Crippen molar-refractivity contribution in [3.63, 3.8) is 0 Å². The molecule has 0 aromatic heterocycles. The summed E-state index contributed by atoms with van der Waals surface area (Å²) in [5.41, 5.74) is 1.11. The van der Waals surface area contributed by atoms with Crippen LogP contribution in [0.2, 0.25) is 0 Å². The molecule has 1 fully saturated rings. The van der Waals surface area contributed by atoms with Gasteiger partial charge in [0.15, 0.2) is 0 Å². The molecule has 0 aliphatic heterocycles. The van der Waals surface area contributed by atoms with Crippen LogP contribution in [0.15, 0.2) is 53.4 Å². The summed E-state index contributed by atoms with van der Waals surface area (Å²) in [4.78, 5) is 0.260. The van der Waals surface area contributed by atoms with Crippen molar-refractivity contribution in [2.75, 3.05) is 0 Å². The van der Waals surface area contributed by atoms with Crippen molar-refractivity contribution in [1.29, 1.82) is 0 Å². The van der Waals surface area contributed by atoms with Crippen LogP contribution in [0.1, 0.15) is 24.0 Å². The van der Waals surface area contributed by atoms with Crippen LogP contribution in [0, 0.1) is 12.7 Å². The SMILES string of the molecule is Cc1cccc(S(=O)(=O)NC2(c3ccc(F)cc3)CC2)c1. The number of aryl methyl sites for hydroxylation is 1. The maximum absolute atomic E-state index is 13.0. The molecular formula is C16H16FNO2S. The zero-order valence-electron chi connectivity index (χ0n) is 11.6. The summed E-state index contributed by atoms with van der Waals surface area (Å²) < 4.78 is 40.8. The molecule has 0 atom stereocenters. The Bertz CT molecular complexity index is 765. The average Bonchev–Trinajstić information content (AvgIpc) is 3.19. The highest BCUT2D eigenvalue weighted by atomic mass is 32.2. The van der Waals surface area contributed by atoms with E-state index in [1.807, 2.05) is 13.0 Å². The summed E-state index contributed by atoms with van der Waals surface area (Å²) in [6.45, 7) is 1.85. The van der Waals surface area contributed by atoms with Gasteiger partial charge >= 0.3 is 0 Å². The highest BCUT2D eigenvalue weighted by molar-refractivity contribution is 7.89. The van der Waals surface area contributed by atoms with Crippen molar-refractivity contribution in [3.05, 3.63) is 65.5 Å². The third-order valence-electron chi connectivity index (χ3n) is 3.78. The molecule has 0 spiro atoms. The van der Waals surface area contributed by atoms with E-state index in [1.54, 1.807) is 30.3 Å². The van der Waals surface area contributed by atoms with Gasteiger partial charge in [0.2, 0.25) is 10.0 Å². The van der Waals surface area contributed by atoms with Crippen LogP contribution in [-0.2, 0) is 15.6 Å². The largest absolute Gasteiger partial charge is 0.241 e. The Morgan fingerprint density at radius 2 is 1.76 bits per heavy atom. The monoisotopic (exact) mass is 305 g/mol. The van der Waals surface area contributed by atoms with Gasteiger partial charge in [0.1, 0.15) is 5.82 Å².